The zero-order chi connectivity index (χ0) is 20.9. The minimum Gasteiger partial charge on any atom is -0.497 e. The fourth-order valence-electron chi connectivity index (χ4n) is 3.83. The van der Waals surface area contributed by atoms with Gasteiger partial charge in [0, 0.05) is 30.4 Å². The SMILES string of the molecule is COc1cccc(NC(=O)N(Cc2nnc3n2CCCCC3)c2ccccc2C)c1. The smallest absolute Gasteiger partial charge is 0.326 e. The number of ether oxygens (including phenoxy) is 1. The highest BCUT2D eigenvalue weighted by Crippen LogP contribution is 2.25. The Balaban J connectivity index is 1.64. The van der Waals surface area contributed by atoms with Crippen LogP contribution in [0.5, 0.6) is 5.75 Å². The summed E-state index contributed by atoms with van der Waals surface area (Å²) in [5.74, 6) is 2.52. The quantitative estimate of drug-likeness (QED) is 0.675. The highest BCUT2D eigenvalue weighted by molar-refractivity contribution is 6.02. The first kappa shape index (κ1) is 19.9. The largest absolute Gasteiger partial charge is 0.497 e. The average molecular weight is 406 g/mol. The topological polar surface area (TPSA) is 72.3 Å². The minimum atomic E-state index is -0.219. The number of carbonyl (C=O) groups excluding carboxylic acids is 1. The van der Waals surface area contributed by atoms with Gasteiger partial charge in [-0.2, -0.15) is 0 Å². The molecule has 156 valence electrons. The Morgan fingerprint density at radius 1 is 1.13 bits per heavy atom. The standard InChI is InChI=1S/C23H27N5O2/c1-17-9-5-6-12-20(17)28(23(29)24-18-10-8-11-19(15-18)30-2)16-22-26-25-21-13-4-3-7-14-27(21)22/h5-6,8-12,15H,3-4,7,13-14,16H2,1-2H3,(H,24,29). The zero-order valence-electron chi connectivity index (χ0n) is 17.5. The maximum Gasteiger partial charge on any atom is 0.326 e. The van der Waals surface area contributed by atoms with Crippen molar-refractivity contribution in [2.24, 2.45) is 0 Å². The summed E-state index contributed by atoms with van der Waals surface area (Å²) in [6.45, 7) is 3.26. The van der Waals surface area contributed by atoms with E-state index in [1.165, 1.54) is 6.42 Å². The molecule has 7 heteroatoms. The molecular weight excluding hydrogens is 378 g/mol. The minimum absolute atomic E-state index is 0.219. The van der Waals surface area contributed by atoms with Gasteiger partial charge in [0.25, 0.3) is 0 Å². The summed E-state index contributed by atoms with van der Waals surface area (Å²) in [5, 5.41) is 11.8. The first-order chi connectivity index (χ1) is 14.7. The van der Waals surface area contributed by atoms with E-state index in [-0.39, 0.29) is 6.03 Å². The molecule has 7 nitrogen and oxygen atoms in total. The molecule has 0 atom stereocenters. The van der Waals surface area contributed by atoms with E-state index in [2.05, 4.69) is 20.1 Å². The van der Waals surface area contributed by atoms with Crippen molar-refractivity contribution in [1.29, 1.82) is 0 Å². The van der Waals surface area contributed by atoms with Gasteiger partial charge in [0.05, 0.1) is 13.7 Å². The number of nitrogens with zero attached hydrogens (tertiary/aromatic N) is 4. The van der Waals surface area contributed by atoms with Gasteiger partial charge in [0.1, 0.15) is 11.6 Å². The van der Waals surface area contributed by atoms with Gasteiger partial charge in [-0.05, 0) is 43.5 Å². The molecule has 2 aromatic carbocycles. The van der Waals surface area contributed by atoms with Gasteiger partial charge in [-0.15, -0.1) is 10.2 Å². The van der Waals surface area contributed by atoms with Crippen molar-refractivity contribution in [2.75, 3.05) is 17.3 Å². The fourth-order valence-corrected chi connectivity index (χ4v) is 3.83. The summed E-state index contributed by atoms with van der Waals surface area (Å²) in [7, 11) is 1.61. The van der Waals surface area contributed by atoms with Gasteiger partial charge in [-0.1, -0.05) is 30.7 Å². The molecule has 1 aromatic heterocycles. The van der Waals surface area contributed by atoms with Crippen LogP contribution in [0.2, 0.25) is 0 Å². The van der Waals surface area contributed by atoms with Gasteiger partial charge >= 0.3 is 6.03 Å². The zero-order valence-corrected chi connectivity index (χ0v) is 17.5. The van der Waals surface area contributed by atoms with Crippen molar-refractivity contribution in [3.8, 4) is 5.75 Å². The summed E-state index contributed by atoms with van der Waals surface area (Å²) in [6, 6.07) is 15.0. The number of urea groups is 1. The number of methoxy groups -OCH3 is 1. The molecular formula is C23H27N5O2. The molecule has 0 fully saturated rings. The van der Waals surface area contributed by atoms with Crippen LogP contribution < -0.4 is 15.0 Å². The number of para-hydroxylation sites is 1. The predicted octanol–water partition coefficient (Wildman–Crippen LogP) is 4.56. The first-order valence-electron chi connectivity index (χ1n) is 10.3. The summed E-state index contributed by atoms with van der Waals surface area (Å²) < 4.78 is 7.45. The van der Waals surface area contributed by atoms with Gasteiger partial charge in [0.15, 0.2) is 5.82 Å². The molecule has 3 aromatic rings. The molecule has 0 radical (unpaired) electrons. The highest BCUT2D eigenvalue weighted by Gasteiger charge is 2.23. The molecule has 0 saturated heterocycles. The van der Waals surface area contributed by atoms with Gasteiger partial charge in [0.2, 0.25) is 0 Å². The molecule has 2 heterocycles. The maximum atomic E-state index is 13.3. The Bertz CT molecular complexity index is 1030. The van der Waals surface area contributed by atoms with Crippen LogP contribution in [0.15, 0.2) is 48.5 Å². The molecule has 0 bridgehead atoms. The van der Waals surface area contributed by atoms with Crippen molar-refractivity contribution in [1.82, 2.24) is 14.8 Å². The maximum absolute atomic E-state index is 13.3. The van der Waals surface area contributed by atoms with Crippen LogP contribution in [0, 0.1) is 6.92 Å². The third-order valence-corrected chi connectivity index (χ3v) is 5.46. The second kappa shape index (κ2) is 8.98. The van der Waals surface area contributed by atoms with Crippen LogP contribution in [-0.2, 0) is 19.5 Å². The highest BCUT2D eigenvalue weighted by atomic mass is 16.5. The van der Waals surface area contributed by atoms with E-state index in [9.17, 15) is 4.79 Å². The van der Waals surface area contributed by atoms with Crippen molar-refractivity contribution >= 4 is 17.4 Å². The Hall–Kier alpha value is -3.35. The third kappa shape index (κ3) is 4.30. The van der Waals surface area contributed by atoms with Crippen molar-refractivity contribution in [2.45, 2.75) is 45.7 Å². The second-order valence-electron chi connectivity index (χ2n) is 7.53. The lowest BCUT2D eigenvalue weighted by atomic mass is 10.2. The molecule has 0 spiro atoms. The van der Waals surface area contributed by atoms with E-state index < -0.39 is 0 Å². The molecule has 2 amide bonds. The number of fused-ring (bicyclic) bond motifs is 1. The molecule has 1 N–H and O–H groups in total. The van der Waals surface area contributed by atoms with E-state index in [1.807, 2.05) is 49.4 Å². The lowest BCUT2D eigenvalue weighted by molar-refractivity contribution is 0.256. The summed E-state index contributed by atoms with van der Waals surface area (Å²) >= 11 is 0. The molecule has 30 heavy (non-hydrogen) atoms. The second-order valence-corrected chi connectivity index (χ2v) is 7.53. The normalized spacial score (nSPS) is 13.3. The van der Waals surface area contributed by atoms with E-state index in [1.54, 1.807) is 18.1 Å². The Morgan fingerprint density at radius 2 is 2.00 bits per heavy atom. The molecule has 0 saturated carbocycles. The number of benzene rings is 2. The number of aryl methyl sites for hydroxylation is 2. The Kier molecular flexibility index (Phi) is 5.97. The molecule has 1 aliphatic rings. The number of anilines is 2. The van der Waals surface area contributed by atoms with Crippen LogP contribution in [0.4, 0.5) is 16.2 Å². The number of amides is 2. The van der Waals surface area contributed by atoms with Gasteiger partial charge in [-0.3, -0.25) is 4.90 Å². The molecule has 1 aliphatic heterocycles. The number of carbonyl (C=O) groups is 1. The van der Waals surface area contributed by atoms with E-state index in [4.69, 9.17) is 4.74 Å². The van der Waals surface area contributed by atoms with Crippen LogP contribution in [0.3, 0.4) is 0 Å². The number of aromatic nitrogens is 3. The lowest BCUT2D eigenvalue weighted by Crippen LogP contribution is -2.36. The van der Waals surface area contributed by atoms with E-state index in [0.29, 0.717) is 18.0 Å². The summed E-state index contributed by atoms with van der Waals surface area (Å²) in [6.07, 6.45) is 4.38. The number of nitrogens with one attached hydrogen (secondary N) is 1. The van der Waals surface area contributed by atoms with Crippen molar-refractivity contribution in [3.63, 3.8) is 0 Å². The van der Waals surface area contributed by atoms with Crippen molar-refractivity contribution in [3.05, 3.63) is 65.7 Å². The fraction of sp³-hybridized carbons (Fsp3) is 0.348. The van der Waals surface area contributed by atoms with E-state index in [0.717, 1.165) is 48.7 Å². The van der Waals surface area contributed by atoms with Gasteiger partial charge in [-0.25, -0.2) is 4.79 Å². The molecule has 0 unspecified atom stereocenters. The van der Waals surface area contributed by atoms with Crippen LogP contribution >= 0.6 is 0 Å². The third-order valence-electron chi connectivity index (χ3n) is 5.46. The molecule has 4 rings (SSSR count). The molecule has 0 aliphatic carbocycles. The number of hydrogen-bond donors (Lipinski definition) is 1. The van der Waals surface area contributed by atoms with E-state index >= 15 is 0 Å². The summed E-state index contributed by atoms with van der Waals surface area (Å²) in [5.41, 5.74) is 2.55. The van der Waals surface area contributed by atoms with Gasteiger partial charge < -0.3 is 14.6 Å². The van der Waals surface area contributed by atoms with Crippen molar-refractivity contribution < 1.29 is 9.53 Å². The number of hydrogen-bond acceptors (Lipinski definition) is 4. The lowest BCUT2D eigenvalue weighted by Gasteiger charge is -2.25. The number of rotatable bonds is 5. The van der Waals surface area contributed by atoms with Crippen LogP contribution in [0.25, 0.3) is 0 Å². The first-order valence-corrected chi connectivity index (χ1v) is 10.3. The summed E-state index contributed by atoms with van der Waals surface area (Å²) in [4.78, 5) is 15.1. The Labute approximate surface area is 176 Å². The predicted molar refractivity (Wildman–Crippen MR) is 117 cm³/mol. The van der Waals surface area contributed by atoms with Crippen LogP contribution in [-0.4, -0.2) is 27.9 Å². The Morgan fingerprint density at radius 3 is 2.83 bits per heavy atom. The average Bonchev–Trinajstić information content (AvgIpc) is 2.98. The monoisotopic (exact) mass is 405 g/mol. The van der Waals surface area contributed by atoms with Crippen LogP contribution in [0.1, 0.15) is 36.5 Å².